The molecule has 3 rings (SSSR count). The van der Waals surface area contributed by atoms with Crippen molar-refractivity contribution in [3.05, 3.63) is 51.8 Å². The van der Waals surface area contributed by atoms with Crippen LogP contribution in [-0.2, 0) is 0 Å². The van der Waals surface area contributed by atoms with Crippen molar-refractivity contribution in [2.45, 2.75) is 0 Å². The molecule has 0 aliphatic heterocycles. The zero-order valence-corrected chi connectivity index (χ0v) is 14.1. The van der Waals surface area contributed by atoms with Crippen LogP contribution in [-0.4, -0.2) is 19.2 Å². The summed E-state index contributed by atoms with van der Waals surface area (Å²) >= 11 is 0. The maximum Gasteiger partial charge on any atom is 0.268 e. The van der Waals surface area contributed by atoms with Crippen molar-refractivity contribution in [2.24, 2.45) is 0 Å². The van der Waals surface area contributed by atoms with E-state index >= 15 is 0 Å². The molecule has 0 aliphatic rings. The molecule has 0 unspecified atom stereocenters. The van der Waals surface area contributed by atoms with Crippen molar-refractivity contribution in [3.63, 3.8) is 0 Å². The molecule has 0 saturated heterocycles. The highest BCUT2D eigenvalue weighted by Crippen LogP contribution is 2.41. The van der Waals surface area contributed by atoms with Crippen LogP contribution in [0.2, 0.25) is 0 Å². The molecule has 0 fully saturated rings. The van der Waals surface area contributed by atoms with Gasteiger partial charge in [0.15, 0.2) is 0 Å². The van der Waals surface area contributed by atoms with Gasteiger partial charge in [0.1, 0.15) is 40.6 Å². The summed E-state index contributed by atoms with van der Waals surface area (Å²) in [7, 11) is 3.01. The summed E-state index contributed by atoms with van der Waals surface area (Å²) in [5, 5.41) is 20.6. The van der Waals surface area contributed by atoms with E-state index in [0.29, 0.717) is 22.4 Å². The summed E-state index contributed by atoms with van der Waals surface area (Å²) in [6, 6.07) is 12.8. The number of aromatic nitrogens is 1. The summed E-state index contributed by atoms with van der Waals surface area (Å²) in [6.07, 6.45) is 0. The van der Waals surface area contributed by atoms with Gasteiger partial charge in [0.05, 0.1) is 14.2 Å². The second kappa shape index (κ2) is 6.50. The second-order valence-corrected chi connectivity index (χ2v) is 5.45. The summed E-state index contributed by atoms with van der Waals surface area (Å²) in [4.78, 5) is 14.6. The second-order valence-electron chi connectivity index (χ2n) is 5.45. The quantitative estimate of drug-likeness (QED) is 0.751. The molecule has 0 radical (unpaired) electrons. The number of hydrogen-bond acceptors (Lipinski definition) is 6. The number of hydrogen-bond donors (Lipinski definition) is 2. The Labute approximate surface area is 148 Å². The van der Waals surface area contributed by atoms with Crippen molar-refractivity contribution in [2.75, 3.05) is 20.0 Å². The van der Waals surface area contributed by atoms with Crippen LogP contribution in [0.4, 0.5) is 5.82 Å². The first-order chi connectivity index (χ1) is 12.5. The number of nitrogens with zero attached hydrogens (tertiary/aromatic N) is 2. The third-order valence-electron chi connectivity index (χ3n) is 4.13. The first kappa shape index (κ1) is 16.9. The van der Waals surface area contributed by atoms with Crippen LogP contribution in [0.25, 0.3) is 21.9 Å². The highest BCUT2D eigenvalue weighted by atomic mass is 16.5. The molecule has 2 aromatic carbocycles. The van der Waals surface area contributed by atoms with Gasteiger partial charge in [0, 0.05) is 11.1 Å². The Morgan fingerprint density at radius 3 is 2.31 bits per heavy atom. The maximum absolute atomic E-state index is 12.3. The van der Waals surface area contributed by atoms with Gasteiger partial charge in [-0.1, -0.05) is 12.1 Å². The number of nitrogen functional groups attached to an aromatic ring is 1. The minimum Gasteiger partial charge on any atom is -0.497 e. The van der Waals surface area contributed by atoms with Crippen LogP contribution in [0.1, 0.15) is 11.1 Å². The number of aromatic amines is 1. The number of fused-ring (bicyclic) bond motifs is 1. The molecule has 1 aromatic heterocycles. The monoisotopic (exact) mass is 346 g/mol. The van der Waals surface area contributed by atoms with Crippen LogP contribution >= 0.6 is 0 Å². The summed E-state index contributed by atoms with van der Waals surface area (Å²) in [5.41, 5.74) is 5.56. The van der Waals surface area contributed by atoms with E-state index in [4.69, 9.17) is 15.2 Å². The van der Waals surface area contributed by atoms with Crippen molar-refractivity contribution in [1.82, 2.24) is 4.98 Å². The number of nitriles is 2. The third-order valence-corrected chi connectivity index (χ3v) is 4.13. The van der Waals surface area contributed by atoms with Crippen molar-refractivity contribution in [3.8, 4) is 34.8 Å². The lowest BCUT2D eigenvalue weighted by Gasteiger charge is -2.16. The smallest absolute Gasteiger partial charge is 0.268 e. The van der Waals surface area contributed by atoms with Crippen LogP contribution in [0.3, 0.4) is 0 Å². The highest BCUT2D eigenvalue weighted by Gasteiger charge is 2.23. The van der Waals surface area contributed by atoms with E-state index in [1.807, 2.05) is 24.3 Å². The van der Waals surface area contributed by atoms with Crippen LogP contribution < -0.4 is 20.8 Å². The number of nitrogens with one attached hydrogen (secondary N) is 1. The fraction of sp³-hybridized carbons (Fsp3) is 0.105. The van der Waals surface area contributed by atoms with Crippen LogP contribution in [0.5, 0.6) is 11.5 Å². The number of nitrogens with two attached hydrogens (primary N) is 1. The minimum absolute atomic E-state index is 0.00905. The Morgan fingerprint density at radius 2 is 1.69 bits per heavy atom. The van der Waals surface area contributed by atoms with Crippen molar-refractivity contribution >= 4 is 16.6 Å². The number of methoxy groups -OCH3 is 2. The molecule has 128 valence electrons. The van der Waals surface area contributed by atoms with Crippen molar-refractivity contribution in [1.29, 1.82) is 10.5 Å². The Bertz CT molecular complexity index is 1160. The number of pyridine rings is 1. The molecule has 1 heterocycles. The van der Waals surface area contributed by atoms with Gasteiger partial charge >= 0.3 is 0 Å². The molecule has 7 heteroatoms. The molecule has 0 atom stereocenters. The van der Waals surface area contributed by atoms with Gasteiger partial charge in [-0.05, 0) is 29.0 Å². The average molecular weight is 346 g/mol. The molecular formula is C19H14N4O3. The molecule has 3 N–H and O–H groups in total. The Morgan fingerprint density at radius 1 is 1.00 bits per heavy atom. The Balaban J connectivity index is 2.60. The SMILES string of the molecule is COc1ccc2ccc(OC)c(-c3c(C#N)c(N)[nH]c(=O)c3C#N)c2c1. The summed E-state index contributed by atoms with van der Waals surface area (Å²) in [5.74, 6) is 0.888. The number of benzene rings is 2. The van der Waals surface area contributed by atoms with Gasteiger partial charge in [-0.3, -0.25) is 4.79 Å². The molecule has 0 spiro atoms. The van der Waals surface area contributed by atoms with E-state index in [9.17, 15) is 15.3 Å². The van der Waals surface area contributed by atoms with Crippen molar-refractivity contribution < 1.29 is 9.47 Å². The average Bonchev–Trinajstić information content (AvgIpc) is 2.66. The summed E-state index contributed by atoms with van der Waals surface area (Å²) < 4.78 is 10.7. The molecule has 0 aliphatic carbocycles. The number of H-pyrrole nitrogens is 1. The molecule has 26 heavy (non-hydrogen) atoms. The number of ether oxygens (including phenoxy) is 2. The first-order valence-corrected chi connectivity index (χ1v) is 7.56. The van der Waals surface area contributed by atoms with E-state index in [1.54, 1.807) is 18.2 Å². The molecule has 0 amide bonds. The normalized spacial score (nSPS) is 10.2. The lowest BCUT2D eigenvalue weighted by molar-refractivity contribution is 0.414. The van der Waals surface area contributed by atoms with Gasteiger partial charge in [-0.25, -0.2) is 0 Å². The molecule has 0 bridgehead atoms. The zero-order valence-electron chi connectivity index (χ0n) is 14.1. The van der Waals surface area contributed by atoms with E-state index in [1.165, 1.54) is 14.2 Å². The maximum atomic E-state index is 12.3. The molecule has 0 saturated carbocycles. The first-order valence-electron chi connectivity index (χ1n) is 7.56. The Hall–Kier alpha value is -3.97. The summed E-state index contributed by atoms with van der Waals surface area (Å²) in [6.45, 7) is 0. The van der Waals surface area contributed by atoms with Gasteiger partial charge in [-0.2, -0.15) is 10.5 Å². The van der Waals surface area contributed by atoms with E-state index < -0.39 is 5.56 Å². The fourth-order valence-corrected chi connectivity index (χ4v) is 2.93. The van der Waals surface area contributed by atoms with Crippen LogP contribution in [0, 0.1) is 22.7 Å². The molecular weight excluding hydrogens is 332 g/mol. The van der Waals surface area contributed by atoms with Gasteiger partial charge in [-0.15, -0.1) is 0 Å². The molecule has 7 nitrogen and oxygen atoms in total. The predicted molar refractivity (Wildman–Crippen MR) is 97.0 cm³/mol. The van der Waals surface area contributed by atoms with Crippen LogP contribution in [0.15, 0.2) is 35.1 Å². The third kappa shape index (κ3) is 2.48. The lowest BCUT2D eigenvalue weighted by atomic mass is 9.91. The molecule has 3 aromatic rings. The standard InChI is InChI=1S/C19H14N4O3/c1-25-11-5-3-10-4-6-15(26-2)17(12(10)7-11)16-13(8-20)18(22)23-19(24)14(16)9-21/h3-7H,1-2H3,(H3,22,23,24). The largest absolute Gasteiger partial charge is 0.497 e. The van der Waals surface area contributed by atoms with Gasteiger partial charge < -0.3 is 20.2 Å². The van der Waals surface area contributed by atoms with E-state index in [-0.39, 0.29) is 22.5 Å². The Kier molecular flexibility index (Phi) is 4.22. The van der Waals surface area contributed by atoms with E-state index in [0.717, 1.165) is 5.39 Å². The predicted octanol–water partition coefficient (Wildman–Crippen LogP) is 2.54. The zero-order chi connectivity index (χ0) is 18.8. The topological polar surface area (TPSA) is 125 Å². The lowest BCUT2D eigenvalue weighted by Crippen LogP contribution is -2.16. The number of anilines is 1. The highest BCUT2D eigenvalue weighted by molar-refractivity contribution is 6.03. The number of rotatable bonds is 3. The van der Waals surface area contributed by atoms with Gasteiger partial charge in [0.2, 0.25) is 0 Å². The fourth-order valence-electron chi connectivity index (χ4n) is 2.93. The van der Waals surface area contributed by atoms with Gasteiger partial charge in [0.25, 0.3) is 5.56 Å². The minimum atomic E-state index is -0.666. The van der Waals surface area contributed by atoms with E-state index in [2.05, 4.69) is 4.98 Å².